The van der Waals surface area contributed by atoms with Gasteiger partial charge < -0.3 is 10.1 Å². The third-order valence-corrected chi connectivity index (χ3v) is 4.23. The number of rotatable bonds is 5. The van der Waals surface area contributed by atoms with Crippen LogP contribution >= 0.6 is 11.3 Å². The SMILES string of the molecule is COC(=O)c1sccc1NC(=O)Cc1cnn(-c2ccccc2)c1. The van der Waals surface area contributed by atoms with Gasteiger partial charge >= 0.3 is 5.97 Å². The highest BCUT2D eigenvalue weighted by molar-refractivity contribution is 7.12. The predicted molar refractivity (Wildman–Crippen MR) is 91.6 cm³/mol. The number of methoxy groups -OCH3 is 1. The lowest BCUT2D eigenvalue weighted by molar-refractivity contribution is -0.115. The van der Waals surface area contributed by atoms with Gasteiger partial charge in [0.2, 0.25) is 5.91 Å². The number of hydrogen-bond donors (Lipinski definition) is 1. The van der Waals surface area contributed by atoms with Crippen LogP contribution in [0.3, 0.4) is 0 Å². The van der Waals surface area contributed by atoms with Crippen LogP contribution in [0.15, 0.2) is 54.2 Å². The van der Waals surface area contributed by atoms with E-state index in [4.69, 9.17) is 4.74 Å². The first-order valence-electron chi connectivity index (χ1n) is 7.22. The molecule has 3 aromatic rings. The van der Waals surface area contributed by atoms with Gasteiger partial charge in [-0.05, 0) is 29.1 Å². The molecule has 2 heterocycles. The van der Waals surface area contributed by atoms with E-state index in [-0.39, 0.29) is 12.3 Å². The van der Waals surface area contributed by atoms with E-state index in [0.29, 0.717) is 10.6 Å². The van der Waals surface area contributed by atoms with Gasteiger partial charge in [-0.15, -0.1) is 11.3 Å². The fourth-order valence-corrected chi connectivity index (χ4v) is 2.98. The van der Waals surface area contributed by atoms with Crippen LogP contribution in [-0.4, -0.2) is 28.8 Å². The number of anilines is 1. The topological polar surface area (TPSA) is 73.2 Å². The van der Waals surface area contributed by atoms with E-state index in [2.05, 4.69) is 10.4 Å². The Bertz CT molecular complexity index is 855. The van der Waals surface area contributed by atoms with E-state index < -0.39 is 5.97 Å². The number of thiophene rings is 1. The molecule has 0 spiro atoms. The van der Waals surface area contributed by atoms with Crippen molar-refractivity contribution >= 4 is 28.9 Å². The van der Waals surface area contributed by atoms with E-state index in [1.807, 2.05) is 36.5 Å². The molecule has 0 aliphatic carbocycles. The first-order valence-corrected chi connectivity index (χ1v) is 8.10. The highest BCUT2D eigenvalue weighted by Gasteiger charge is 2.16. The summed E-state index contributed by atoms with van der Waals surface area (Å²) >= 11 is 1.23. The molecule has 0 radical (unpaired) electrons. The zero-order valence-electron chi connectivity index (χ0n) is 12.9. The Morgan fingerprint density at radius 1 is 1.25 bits per heavy atom. The maximum atomic E-state index is 12.2. The number of carbonyl (C=O) groups is 2. The number of para-hydroxylation sites is 1. The van der Waals surface area contributed by atoms with E-state index in [1.54, 1.807) is 22.3 Å². The van der Waals surface area contributed by atoms with Crippen LogP contribution in [-0.2, 0) is 16.0 Å². The van der Waals surface area contributed by atoms with Gasteiger partial charge in [-0.2, -0.15) is 5.10 Å². The van der Waals surface area contributed by atoms with Gasteiger partial charge in [0.25, 0.3) is 0 Å². The van der Waals surface area contributed by atoms with Gasteiger partial charge in [0, 0.05) is 6.20 Å². The van der Waals surface area contributed by atoms with Crippen molar-refractivity contribution in [1.29, 1.82) is 0 Å². The highest BCUT2D eigenvalue weighted by Crippen LogP contribution is 2.23. The minimum Gasteiger partial charge on any atom is -0.465 e. The Labute approximate surface area is 142 Å². The number of esters is 1. The summed E-state index contributed by atoms with van der Waals surface area (Å²) in [6.07, 6.45) is 3.63. The number of benzene rings is 1. The number of ether oxygens (including phenoxy) is 1. The fourth-order valence-electron chi connectivity index (χ4n) is 2.21. The van der Waals surface area contributed by atoms with Gasteiger partial charge in [-0.3, -0.25) is 4.79 Å². The molecule has 0 bridgehead atoms. The van der Waals surface area contributed by atoms with Gasteiger partial charge in [0.1, 0.15) is 4.88 Å². The third kappa shape index (κ3) is 3.52. The predicted octanol–water partition coefficient (Wildman–Crippen LogP) is 2.90. The van der Waals surface area contributed by atoms with Crippen LogP contribution in [0.5, 0.6) is 0 Å². The Kier molecular flexibility index (Phi) is 4.72. The molecule has 6 nitrogen and oxygen atoms in total. The molecule has 24 heavy (non-hydrogen) atoms. The molecule has 1 aromatic carbocycles. The molecule has 0 aliphatic heterocycles. The summed E-state index contributed by atoms with van der Waals surface area (Å²) in [5, 5.41) is 8.73. The molecule has 1 N–H and O–H groups in total. The second-order valence-electron chi connectivity index (χ2n) is 5.01. The van der Waals surface area contributed by atoms with E-state index in [1.165, 1.54) is 18.4 Å². The summed E-state index contributed by atoms with van der Waals surface area (Å²) in [7, 11) is 1.31. The molecule has 0 atom stereocenters. The molecule has 0 unspecified atom stereocenters. The molecule has 3 rings (SSSR count). The Balaban J connectivity index is 1.67. The summed E-state index contributed by atoms with van der Waals surface area (Å²) < 4.78 is 6.41. The summed E-state index contributed by atoms with van der Waals surface area (Å²) in [6.45, 7) is 0. The van der Waals surface area contributed by atoms with Crippen molar-refractivity contribution in [2.45, 2.75) is 6.42 Å². The smallest absolute Gasteiger partial charge is 0.350 e. The Morgan fingerprint density at radius 2 is 2.04 bits per heavy atom. The summed E-state index contributed by atoms with van der Waals surface area (Å²) in [5.74, 6) is -0.677. The number of nitrogens with zero attached hydrogens (tertiary/aromatic N) is 2. The monoisotopic (exact) mass is 341 g/mol. The van der Waals surface area contributed by atoms with Crippen LogP contribution in [0.2, 0.25) is 0 Å². The quantitative estimate of drug-likeness (QED) is 0.724. The van der Waals surface area contributed by atoms with Crippen LogP contribution in [0.4, 0.5) is 5.69 Å². The molecule has 0 aliphatic rings. The molecular weight excluding hydrogens is 326 g/mol. The summed E-state index contributed by atoms with van der Waals surface area (Å²) in [6, 6.07) is 11.3. The van der Waals surface area contributed by atoms with Crippen LogP contribution in [0, 0.1) is 0 Å². The van der Waals surface area contributed by atoms with E-state index >= 15 is 0 Å². The summed E-state index contributed by atoms with van der Waals surface area (Å²) in [4.78, 5) is 24.2. The molecule has 122 valence electrons. The lowest BCUT2D eigenvalue weighted by Gasteiger charge is -2.04. The van der Waals surface area contributed by atoms with Crippen molar-refractivity contribution in [2.75, 3.05) is 12.4 Å². The number of nitrogens with one attached hydrogen (secondary N) is 1. The molecular formula is C17H15N3O3S. The second kappa shape index (κ2) is 7.10. The van der Waals surface area contributed by atoms with Gasteiger partial charge in [-0.25, -0.2) is 9.48 Å². The maximum absolute atomic E-state index is 12.2. The van der Waals surface area contributed by atoms with E-state index in [0.717, 1.165) is 11.3 Å². The van der Waals surface area contributed by atoms with Gasteiger partial charge in [0.15, 0.2) is 0 Å². The van der Waals surface area contributed by atoms with Crippen LogP contribution < -0.4 is 5.32 Å². The molecule has 0 fully saturated rings. The number of hydrogen-bond acceptors (Lipinski definition) is 5. The summed E-state index contributed by atoms with van der Waals surface area (Å²) in [5.41, 5.74) is 2.17. The molecule has 0 saturated carbocycles. The first-order chi connectivity index (χ1) is 11.7. The number of aromatic nitrogens is 2. The van der Waals surface area contributed by atoms with Crippen molar-refractivity contribution in [2.24, 2.45) is 0 Å². The van der Waals surface area contributed by atoms with Crippen molar-refractivity contribution < 1.29 is 14.3 Å². The standard InChI is InChI=1S/C17H15N3O3S/c1-23-17(22)16-14(7-8-24-16)19-15(21)9-12-10-18-20(11-12)13-5-3-2-4-6-13/h2-8,10-11H,9H2,1H3,(H,19,21). The number of carbonyl (C=O) groups excluding carboxylic acids is 2. The zero-order valence-corrected chi connectivity index (χ0v) is 13.7. The minimum absolute atomic E-state index is 0.170. The third-order valence-electron chi connectivity index (χ3n) is 3.33. The molecule has 7 heteroatoms. The highest BCUT2D eigenvalue weighted by atomic mass is 32.1. The minimum atomic E-state index is -0.461. The van der Waals surface area contributed by atoms with Gasteiger partial charge in [-0.1, -0.05) is 18.2 Å². The Hall–Kier alpha value is -2.93. The van der Waals surface area contributed by atoms with Gasteiger partial charge in [0.05, 0.1) is 31.1 Å². The zero-order chi connectivity index (χ0) is 16.9. The van der Waals surface area contributed by atoms with Crippen molar-refractivity contribution in [1.82, 2.24) is 9.78 Å². The van der Waals surface area contributed by atoms with Crippen molar-refractivity contribution in [3.63, 3.8) is 0 Å². The lowest BCUT2D eigenvalue weighted by atomic mass is 10.2. The molecule has 1 amide bonds. The normalized spacial score (nSPS) is 10.4. The largest absolute Gasteiger partial charge is 0.465 e. The first kappa shape index (κ1) is 15.9. The average molecular weight is 341 g/mol. The molecule has 0 saturated heterocycles. The van der Waals surface area contributed by atoms with Crippen LogP contribution in [0.25, 0.3) is 5.69 Å². The number of amides is 1. The van der Waals surface area contributed by atoms with Crippen molar-refractivity contribution in [3.8, 4) is 5.69 Å². The van der Waals surface area contributed by atoms with Crippen LogP contribution in [0.1, 0.15) is 15.2 Å². The van der Waals surface area contributed by atoms with E-state index in [9.17, 15) is 9.59 Å². The van der Waals surface area contributed by atoms with Crippen molar-refractivity contribution in [3.05, 3.63) is 64.6 Å². The maximum Gasteiger partial charge on any atom is 0.350 e. The Morgan fingerprint density at radius 3 is 2.79 bits per heavy atom. The molecule has 2 aromatic heterocycles. The fraction of sp³-hybridized carbons (Fsp3) is 0.118. The lowest BCUT2D eigenvalue weighted by Crippen LogP contribution is -2.15. The average Bonchev–Trinajstić information content (AvgIpc) is 3.24. The second-order valence-corrected chi connectivity index (χ2v) is 5.92.